The fourth-order valence-corrected chi connectivity index (χ4v) is 6.64. The Morgan fingerprint density at radius 2 is 1.51 bits per heavy atom. The van der Waals surface area contributed by atoms with Gasteiger partial charge in [0.25, 0.3) is 23.6 Å². The highest BCUT2D eigenvalue weighted by atomic mass is 16.9. The van der Waals surface area contributed by atoms with Gasteiger partial charge in [-0.2, -0.15) is 0 Å². The average Bonchev–Trinajstić information content (AvgIpc) is 3.63. The van der Waals surface area contributed by atoms with Crippen LogP contribution in [0.5, 0.6) is 5.75 Å². The van der Waals surface area contributed by atoms with Crippen molar-refractivity contribution >= 4 is 59.3 Å². The summed E-state index contributed by atoms with van der Waals surface area (Å²) in [5.74, 6) is -6.31. The predicted molar refractivity (Wildman–Crippen MR) is 246 cm³/mol. The molecule has 0 spiro atoms. The number of carbonyl (C=O) groups excluding carboxylic acids is 9. The van der Waals surface area contributed by atoms with Crippen molar-refractivity contribution in [2.45, 2.75) is 39.3 Å². The van der Waals surface area contributed by atoms with Crippen LogP contribution >= 0.6 is 0 Å². The number of ether oxygens (including phenoxy) is 4. The Morgan fingerprint density at radius 1 is 0.814 bits per heavy atom. The fourth-order valence-electron chi connectivity index (χ4n) is 6.64. The van der Waals surface area contributed by atoms with Crippen LogP contribution in [0.3, 0.4) is 0 Å². The molecule has 0 aromatic heterocycles. The van der Waals surface area contributed by atoms with Crippen molar-refractivity contribution in [3.05, 3.63) is 77.4 Å². The lowest BCUT2D eigenvalue weighted by atomic mass is 10.1. The second-order valence-electron chi connectivity index (χ2n) is 16.2. The zero-order valence-electron chi connectivity index (χ0n) is 39.6. The summed E-state index contributed by atoms with van der Waals surface area (Å²) in [4.78, 5) is 132. The third kappa shape index (κ3) is 19.7. The number of cyclic esters (lactones) is 2. The lowest BCUT2D eigenvalue weighted by Gasteiger charge is -2.27. The van der Waals surface area contributed by atoms with E-state index in [1.807, 2.05) is 18.7 Å². The lowest BCUT2D eigenvalue weighted by Crippen LogP contribution is -2.46. The van der Waals surface area contributed by atoms with Gasteiger partial charge in [-0.15, -0.1) is 0 Å². The number of carbonyl (C=O) groups is 10. The number of rotatable bonds is 25. The van der Waals surface area contributed by atoms with Crippen LogP contribution in [0.1, 0.15) is 35.3 Å². The molecule has 1 saturated heterocycles. The molecule has 70 heavy (non-hydrogen) atoms. The van der Waals surface area contributed by atoms with E-state index in [2.05, 4.69) is 21.3 Å². The molecule has 380 valence electrons. The number of amides is 6. The van der Waals surface area contributed by atoms with Gasteiger partial charge < -0.3 is 45.3 Å². The summed E-state index contributed by atoms with van der Waals surface area (Å²) in [5, 5.41) is 20.1. The fraction of sp³-hybridized carbons (Fsp3) is 0.478. The van der Waals surface area contributed by atoms with Crippen LogP contribution in [-0.2, 0) is 70.3 Å². The molecule has 2 aromatic carbocycles. The van der Waals surface area contributed by atoms with Crippen LogP contribution in [0.25, 0.3) is 0 Å². The molecule has 24 heteroatoms. The molecule has 4 rings (SSSR count). The van der Waals surface area contributed by atoms with Gasteiger partial charge in [0, 0.05) is 69.9 Å². The molecule has 5 N–H and O–H groups in total. The Kier molecular flexibility index (Phi) is 22.3. The van der Waals surface area contributed by atoms with E-state index in [4.69, 9.17) is 18.9 Å². The van der Waals surface area contributed by atoms with E-state index < -0.39 is 72.5 Å². The molecule has 6 amide bonds. The Hall–Kier alpha value is -7.28. The number of likely N-dealkylation sites (N-methyl/N-ethyl adjacent to an activating group) is 3. The molecule has 0 radical (unpaired) electrons. The van der Waals surface area contributed by atoms with E-state index in [0.717, 1.165) is 17.1 Å². The minimum atomic E-state index is -1.84. The van der Waals surface area contributed by atoms with Crippen LogP contribution in [0.15, 0.2) is 60.7 Å². The standard InChI is InChI=1S/C46H61N9O15/c1-5-51(3)27-41(61)68-46-69-42(62)28-52(4)18-19-54(29-43(63)70-46)21-20-53(6-2)26-37(57)48-24-32-8-7-9-33(22-32)44(64)49-25-36(56)50-35(45(65)66)23-31-10-12-34(13-11-31)67-30-38(58)47-16-17-55-39(59)14-15-40(55)60/h7-15,22,35,46H,5-6,16-21,23-30H2,1-4H3,(H,47,58)(H,48,57)(H,49,64)(H,50,56)(H,65,66)/t35-,46?/m0/s1. The van der Waals surface area contributed by atoms with Gasteiger partial charge in [0.05, 0.1) is 32.7 Å². The van der Waals surface area contributed by atoms with Gasteiger partial charge >= 0.3 is 30.4 Å². The maximum atomic E-state index is 13.0. The number of aliphatic carboxylic acids is 1. The van der Waals surface area contributed by atoms with E-state index in [-0.39, 0.29) is 70.3 Å². The molecular weight excluding hydrogens is 919 g/mol. The van der Waals surface area contributed by atoms with Crippen molar-refractivity contribution in [1.82, 2.24) is 45.8 Å². The zero-order valence-corrected chi connectivity index (χ0v) is 39.6. The van der Waals surface area contributed by atoms with Gasteiger partial charge in [0.2, 0.25) is 11.8 Å². The Morgan fingerprint density at radius 3 is 2.19 bits per heavy atom. The monoisotopic (exact) mass is 979 g/mol. The van der Waals surface area contributed by atoms with Gasteiger partial charge in [-0.1, -0.05) is 38.1 Å². The molecule has 24 nitrogen and oxygen atoms in total. The minimum Gasteiger partial charge on any atom is -0.484 e. The molecule has 1 unspecified atom stereocenters. The topological polar surface area (TPSA) is 292 Å². The van der Waals surface area contributed by atoms with Crippen molar-refractivity contribution < 1.29 is 72.0 Å². The van der Waals surface area contributed by atoms with Crippen molar-refractivity contribution in [2.75, 3.05) is 106 Å². The number of hydrogen-bond donors (Lipinski definition) is 5. The Bertz CT molecular complexity index is 2210. The number of carboxylic acid groups (broad SMARTS) is 1. The summed E-state index contributed by atoms with van der Waals surface area (Å²) in [6.45, 7) is 3.28. The van der Waals surface area contributed by atoms with Crippen LogP contribution in [0.2, 0.25) is 0 Å². The summed E-state index contributed by atoms with van der Waals surface area (Å²) in [6.07, 6.45) is 2.19. The van der Waals surface area contributed by atoms with Crippen LogP contribution in [0.4, 0.5) is 0 Å². The van der Waals surface area contributed by atoms with E-state index in [1.54, 1.807) is 59.1 Å². The number of nitrogens with one attached hydrogen (secondary N) is 4. The number of esters is 3. The van der Waals surface area contributed by atoms with Crippen LogP contribution in [0, 0.1) is 0 Å². The maximum absolute atomic E-state index is 13.0. The van der Waals surface area contributed by atoms with Gasteiger partial charge in [-0.25, -0.2) is 4.79 Å². The first-order valence-corrected chi connectivity index (χ1v) is 22.5. The maximum Gasteiger partial charge on any atom is 0.412 e. The quantitative estimate of drug-likeness (QED) is 0.0516. The van der Waals surface area contributed by atoms with Crippen molar-refractivity contribution in [3.8, 4) is 5.75 Å². The summed E-state index contributed by atoms with van der Waals surface area (Å²) in [7, 11) is 3.40. The van der Waals surface area contributed by atoms with Gasteiger partial charge in [-0.05, 0) is 62.6 Å². The molecule has 2 atom stereocenters. The summed E-state index contributed by atoms with van der Waals surface area (Å²) >= 11 is 0. The van der Waals surface area contributed by atoms with Crippen LogP contribution < -0.4 is 26.0 Å². The number of benzene rings is 2. The lowest BCUT2D eigenvalue weighted by molar-refractivity contribution is -0.258. The molecule has 2 aliphatic rings. The predicted octanol–water partition coefficient (Wildman–Crippen LogP) is -2.30. The molecule has 0 saturated carbocycles. The molecule has 1 fully saturated rings. The Labute approximate surface area is 404 Å². The number of hydrogen-bond acceptors (Lipinski definition) is 18. The number of carboxylic acids is 1. The zero-order chi connectivity index (χ0) is 51.2. The third-order valence-electron chi connectivity index (χ3n) is 10.7. The van der Waals surface area contributed by atoms with Crippen molar-refractivity contribution in [2.24, 2.45) is 0 Å². The SMILES string of the molecule is CCN(C)CC(=O)OC1OC(=O)CN(C)CCN(CCN(CC)CC(=O)NCc2cccc(C(=O)NCC(=O)N[C@@H](Cc3ccc(OCC(=O)NCCN4C(=O)C=CC4=O)cc3)C(=O)O)c2)CC(=O)O1. The van der Waals surface area contributed by atoms with E-state index in [1.165, 1.54) is 18.2 Å². The van der Waals surface area contributed by atoms with Gasteiger partial charge in [0.15, 0.2) is 6.61 Å². The Balaban J connectivity index is 1.18. The molecule has 2 aromatic rings. The first-order chi connectivity index (χ1) is 33.4. The first kappa shape index (κ1) is 55.3. The van der Waals surface area contributed by atoms with E-state index in [9.17, 15) is 53.1 Å². The molecule has 0 bridgehead atoms. The smallest absolute Gasteiger partial charge is 0.412 e. The highest BCUT2D eigenvalue weighted by Gasteiger charge is 2.28. The number of imide groups is 1. The van der Waals surface area contributed by atoms with Crippen molar-refractivity contribution in [3.63, 3.8) is 0 Å². The summed E-state index contributed by atoms with van der Waals surface area (Å²) in [6, 6.07) is 11.2. The third-order valence-corrected chi connectivity index (χ3v) is 10.7. The van der Waals surface area contributed by atoms with E-state index in [0.29, 0.717) is 56.1 Å². The molecular formula is C46H61N9O15. The molecule has 2 heterocycles. The van der Waals surface area contributed by atoms with E-state index >= 15 is 0 Å². The van der Waals surface area contributed by atoms with Gasteiger partial charge in [0.1, 0.15) is 11.8 Å². The van der Waals surface area contributed by atoms with Crippen LogP contribution in [-0.4, -0.2) is 207 Å². The summed E-state index contributed by atoms with van der Waals surface area (Å²) < 4.78 is 20.9. The number of nitrogens with zero attached hydrogens (tertiary/aromatic N) is 5. The largest absolute Gasteiger partial charge is 0.484 e. The van der Waals surface area contributed by atoms with Gasteiger partial charge in [-0.3, -0.25) is 67.7 Å². The highest BCUT2D eigenvalue weighted by molar-refractivity contribution is 6.12. The minimum absolute atomic E-state index is 0.0110. The highest BCUT2D eigenvalue weighted by Crippen LogP contribution is 2.14. The van der Waals surface area contributed by atoms with Crippen molar-refractivity contribution in [1.29, 1.82) is 0 Å². The molecule has 2 aliphatic heterocycles. The second kappa shape index (κ2) is 28.3. The second-order valence-corrected chi connectivity index (χ2v) is 16.2. The summed E-state index contributed by atoms with van der Waals surface area (Å²) in [5.41, 5.74) is 1.32. The average molecular weight is 980 g/mol. The first-order valence-electron chi connectivity index (χ1n) is 22.5. The molecule has 0 aliphatic carbocycles. The normalized spacial score (nSPS) is 16.2.